The van der Waals surface area contributed by atoms with E-state index in [0.717, 1.165) is 12.0 Å². The van der Waals surface area contributed by atoms with Crippen LogP contribution in [0.25, 0.3) is 0 Å². The average Bonchev–Trinajstić information content (AvgIpc) is 2.66. The van der Waals surface area contributed by atoms with E-state index in [1.807, 2.05) is 42.5 Å². The first-order valence-corrected chi connectivity index (χ1v) is 13.6. The van der Waals surface area contributed by atoms with Crippen LogP contribution in [0.1, 0.15) is 49.0 Å². The molecule has 1 atom stereocenters. The van der Waals surface area contributed by atoms with Gasteiger partial charge in [-0.15, -0.1) is 0 Å². The van der Waals surface area contributed by atoms with Crippen LogP contribution in [-0.4, -0.2) is 27.4 Å². The highest BCUT2D eigenvalue weighted by Crippen LogP contribution is 2.37. The van der Waals surface area contributed by atoms with Crippen LogP contribution >= 0.6 is 23.2 Å². The zero-order valence-electron chi connectivity index (χ0n) is 17.9. The van der Waals surface area contributed by atoms with Crippen molar-refractivity contribution in [2.75, 3.05) is 13.2 Å². The number of carbonyl (C=O) groups excluding carboxylic acids is 1. The lowest BCUT2D eigenvalue weighted by Gasteiger charge is -2.36. The van der Waals surface area contributed by atoms with Gasteiger partial charge in [0.15, 0.2) is 8.32 Å². The van der Waals surface area contributed by atoms with E-state index in [9.17, 15) is 4.79 Å². The molecule has 0 saturated carbocycles. The Hall–Kier alpha value is -1.33. The van der Waals surface area contributed by atoms with E-state index in [1.54, 1.807) is 6.07 Å². The smallest absolute Gasteiger partial charge is 0.251 e. The lowest BCUT2D eigenvalue weighted by atomic mass is 9.96. The van der Waals surface area contributed by atoms with Crippen molar-refractivity contribution >= 4 is 37.4 Å². The van der Waals surface area contributed by atoms with Gasteiger partial charge in [-0.25, -0.2) is 0 Å². The van der Waals surface area contributed by atoms with Gasteiger partial charge in [-0.3, -0.25) is 4.79 Å². The highest BCUT2D eigenvalue weighted by molar-refractivity contribution is 6.74. The number of carbonyl (C=O) groups is 1. The van der Waals surface area contributed by atoms with Gasteiger partial charge in [-0.2, -0.15) is 0 Å². The van der Waals surface area contributed by atoms with Crippen LogP contribution in [-0.2, 0) is 4.43 Å². The molecule has 0 saturated heterocycles. The van der Waals surface area contributed by atoms with Gasteiger partial charge < -0.3 is 9.74 Å². The average molecular weight is 452 g/mol. The van der Waals surface area contributed by atoms with Crippen LogP contribution in [0.2, 0.25) is 28.2 Å². The zero-order valence-corrected chi connectivity index (χ0v) is 20.4. The summed E-state index contributed by atoms with van der Waals surface area (Å²) in [6.45, 7) is 12.3. The molecule has 2 aromatic carbocycles. The van der Waals surface area contributed by atoms with Gasteiger partial charge in [0.2, 0.25) is 0 Å². The van der Waals surface area contributed by atoms with Crippen LogP contribution in [0.4, 0.5) is 0 Å². The summed E-state index contributed by atoms with van der Waals surface area (Å²) in [5.41, 5.74) is 1.70. The second-order valence-corrected chi connectivity index (χ2v) is 14.5. The number of hydrogen-bond acceptors (Lipinski definition) is 2. The summed E-state index contributed by atoms with van der Waals surface area (Å²) in [4.78, 5) is 12.5. The highest BCUT2D eigenvalue weighted by Gasteiger charge is 2.37. The summed E-state index contributed by atoms with van der Waals surface area (Å²) in [5.74, 6) is 0.00294. The van der Waals surface area contributed by atoms with E-state index in [2.05, 4.69) is 39.2 Å². The molecule has 0 aliphatic rings. The van der Waals surface area contributed by atoms with Gasteiger partial charge in [-0.1, -0.05) is 68.2 Å². The summed E-state index contributed by atoms with van der Waals surface area (Å²) in [6, 6.07) is 14.9. The number of nitrogens with one attached hydrogen (secondary N) is 1. The fourth-order valence-electron chi connectivity index (χ4n) is 2.73. The Labute approximate surface area is 185 Å². The number of amides is 1. The highest BCUT2D eigenvalue weighted by atomic mass is 35.5. The third kappa shape index (κ3) is 6.85. The van der Waals surface area contributed by atoms with Crippen molar-refractivity contribution in [2.24, 2.45) is 0 Å². The molecule has 29 heavy (non-hydrogen) atoms. The maximum atomic E-state index is 12.5. The summed E-state index contributed by atoms with van der Waals surface area (Å²) in [5, 5.41) is 4.26. The molecule has 0 spiro atoms. The Balaban J connectivity index is 2.09. The van der Waals surface area contributed by atoms with Crippen LogP contribution in [0.5, 0.6) is 0 Å². The molecule has 2 rings (SSSR count). The standard InChI is InChI=1S/C23H31Cl2NO2Si/c1-23(2,3)29(4,5)28-14-13-19(18-11-12-20(24)21(25)15-18)16-26-22(27)17-9-7-6-8-10-17/h6-12,15,19H,13-14,16H2,1-5H3,(H,26,27)/t19-/m1/s1. The lowest BCUT2D eigenvalue weighted by Crippen LogP contribution is -2.41. The van der Waals surface area contributed by atoms with E-state index in [4.69, 9.17) is 27.6 Å². The monoisotopic (exact) mass is 451 g/mol. The minimum atomic E-state index is -1.82. The summed E-state index contributed by atoms with van der Waals surface area (Å²) in [7, 11) is -1.82. The van der Waals surface area contributed by atoms with E-state index >= 15 is 0 Å². The fourth-order valence-corrected chi connectivity index (χ4v) is 4.10. The van der Waals surface area contributed by atoms with E-state index in [1.165, 1.54) is 0 Å². The first-order valence-electron chi connectivity index (χ1n) is 9.93. The molecule has 6 heteroatoms. The van der Waals surface area contributed by atoms with Crippen molar-refractivity contribution in [3.05, 3.63) is 69.7 Å². The largest absolute Gasteiger partial charge is 0.417 e. The Morgan fingerprint density at radius 3 is 2.31 bits per heavy atom. The predicted molar refractivity (Wildman–Crippen MR) is 126 cm³/mol. The Kier molecular flexibility index (Phi) is 8.35. The maximum absolute atomic E-state index is 12.5. The Bertz CT molecular complexity index is 819. The Morgan fingerprint density at radius 2 is 1.72 bits per heavy atom. The van der Waals surface area contributed by atoms with Crippen molar-refractivity contribution in [3.8, 4) is 0 Å². The fraction of sp³-hybridized carbons (Fsp3) is 0.435. The van der Waals surface area contributed by atoms with Gasteiger partial charge in [0.05, 0.1) is 10.0 Å². The first-order chi connectivity index (χ1) is 13.5. The quantitative estimate of drug-likeness (QED) is 0.442. The van der Waals surface area contributed by atoms with Crippen molar-refractivity contribution in [2.45, 2.75) is 51.2 Å². The first kappa shape index (κ1) is 23.9. The van der Waals surface area contributed by atoms with E-state index in [-0.39, 0.29) is 16.9 Å². The molecular formula is C23H31Cl2NO2Si. The molecule has 0 aliphatic carbocycles. The molecule has 2 aromatic rings. The summed E-state index contributed by atoms with van der Waals surface area (Å²) in [6.07, 6.45) is 0.791. The third-order valence-corrected chi connectivity index (χ3v) is 11.0. The topological polar surface area (TPSA) is 38.3 Å². The second kappa shape index (κ2) is 10.1. The van der Waals surface area contributed by atoms with Gasteiger partial charge in [-0.05, 0) is 54.4 Å². The van der Waals surface area contributed by atoms with Crippen molar-refractivity contribution in [3.63, 3.8) is 0 Å². The predicted octanol–water partition coefficient (Wildman–Crippen LogP) is 6.92. The van der Waals surface area contributed by atoms with Crippen molar-refractivity contribution in [1.82, 2.24) is 5.32 Å². The van der Waals surface area contributed by atoms with E-state index in [0.29, 0.717) is 28.8 Å². The molecule has 0 aromatic heterocycles. The molecular weight excluding hydrogens is 421 g/mol. The number of benzene rings is 2. The molecule has 0 bridgehead atoms. The molecule has 0 aliphatic heterocycles. The third-order valence-electron chi connectivity index (χ3n) is 5.70. The van der Waals surface area contributed by atoms with E-state index < -0.39 is 8.32 Å². The summed E-state index contributed by atoms with van der Waals surface area (Å²) < 4.78 is 6.36. The molecule has 0 unspecified atom stereocenters. The molecule has 1 amide bonds. The molecule has 3 nitrogen and oxygen atoms in total. The SMILES string of the molecule is CC(C)(C)[Si](C)(C)OCC[C@H](CNC(=O)c1ccccc1)c1ccc(Cl)c(Cl)c1. The van der Waals surface area contributed by atoms with Crippen molar-refractivity contribution in [1.29, 1.82) is 0 Å². The molecule has 1 N–H and O–H groups in total. The minimum absolute atomic E-state index is 0.0824. The minimum Gasteiger partial charge on any atom is -0.417 e. The molecule has 158 valence electrons. The maximum Gasteiger partial charge on any atom is 0.251 e. The van der Waals surface area contributed by atoms with Crippen LogP contribution in [0.3, 0.4) is 0 Å². The number of hydrogen-bond donors (Lipinski definition) is 1. The molecule has 0 heterocycles. The number of rotatable bonds is 8. The van der Waals surface area contributed by atoms with Crippen molar-refractivity contribution < 1.29 is 9.22 Å². The van der Waals surface area contributed by atoms with Crippen LogP contribution in [0.15, 0.2) is 48.5 Å². The van der Waals surface area contributed by atoms with Gasteiger partial charge in [0.1, 0.15) is 0 Å². The number of halogens is 2. The van der Waals surface area contributed by atoms with Crippen LogP contribution < -0.4 is 5.32 Å². The normalized spacial score (nSPS) is 13.2. The second-order valence-electron chi connectivity index (χ2n) is 8.84. The summed E-state index contributed by atoms with van der Waals surface area (Å²) >= 11 is 12.3. The van der Waals surface area contributed by atoms with Gasteiger partial charge in [0.25, 0.3) is 5.91 Å². The molecule has 0 radical (unpaired) electrons. The Morgan fingerprint density at radius 1 is 1.07 bits per heavy atom. The van der Waals surface area contributed by atoms with Crippen LogP contribution in [0, 0.1) is 0 Å². The molecule has 0 fully saturated rings. The van der Waals surface area contributed by atoms with Gasteiger partial charge in [0, 0.05) is 24.6 Å². The van der Waals surface area contributed by atoms with Gasteiger partial charge >= 0.3 is 0 Å². The lowest BCUT2D eigenvalue weighted by molar-refractivity contribution is 0.0949. The zero-order chi connectivity index (χ0) is 21.7.